The first-order valence-electron chi connectivity index (χ1n) is 6.01. The molecule has 0 unspecified atom stereocenters. The molecule has 108 valence electrons. The molecule has 9 heteroatoms. The molecular formula is C11H14N4O5. The maximum atomic E-state index is 11.9. The van der Waals surface area contributed by atoms with Crippen molar-refractivity contribution in [1.82, 2.24) is 14.5 Å². The van der Waals surface area contributed by atoms with Crippen molar-refractivity contribution in [3.63, 3.8) is 0 Å². The van der Waals surface area contributed by atoms with E-state index in [1.54, 1.807) is 6.07 Å². The van der Waals surface area contributed by atoms with Crippen molar-refractivity contribution < 1.29 is 20.1 Å². The largest absolute Gasteiger partial charge is 0.394 e. The van der Waals surface area contributed by atoms with Crippen molar-refractivity contribution in [2.24, 2.45) is 0 Å². The molecule has 0 aliphatic carbocycles. The van der Waals surface area contributed by atoms with Crippen molar-refractivity contribution in [2.75, 3.05) is 12.3 Å². The summed E-state index contributed by atoms with van der Waals surface area (Å²) in [6.07, 6.45) is -2.88. The van der Waals surface area contributed by atoms with Gasteiger partial charge >= 0.3 is 0 Å². The van der Waals surface area contributed by atoms with E-state index in [2.05, 4.69) is 9.97 Å². The Morgan fingerprint density at radius 3 is 2.85 bits per heavy atom. The number of hydrogen-bond donors (Lipinski definition) is 5. The minimum atomic E-state index is -1.26. The molecule has 0 spiro atoms. The van der Waals surface area contributed by atoms with Gasteiger partial charge < -0.3 is 30.4 Å². The van der Waals surface area contributed by atoms with Crippen LogP contribution < -0.4 is 11.3 Å². The number of anilines is 1. The van der Waals surface area contributed by atoms with Gasteiger partial charge in [-0.15, -0.1) is 0 Å². The van der Waals surface area contributed by atoms with Gasteiger partial charge in [-0.2, -0.15) is 0 Å². The summed E-state index contributed by atoms with van der Waals surface area (Å²) < 4.78 is 6.74. The summed E-state index contributed by atoms with van der Waals surface area (Å²) in [6.45, 7) is -0.435. The third-order valence-corrected chi connectivity index (χ3v) is 3.38. The molecule has 0 aromatic carbocycles. The van der Waals surface area contributed by atoms with Crippen LogP contribution in [0.3, 0.4) is 0 Å². The third-order valence-electron chi connectivity index (χ3n) is 3.38. The highest BCUT2D eigenvalue weighted by Crippen LogP contribution is 2.31. The van der Waals surface area contributed by atoms with Crippen molar-refractivity contribution in [3.8, 4) is 0 Å². The molecule has 9 nitrogen and oxygen atoms in total. The van der Waals surface area contributed by atoms with Gasteiger partial charge in [-0.25, -0.2) is 4.98 Å². The molecule has 2 aromatic rings. The summed E-state index contributed by atoms with van der Waals surface area (Å²) in [5.74, 6) is -0.0126. The van der Waals surface area contributed by atoms with E-state index in [0.29, 0.717) is 5.52 Å². The Kier molecular flexibility index (Phi) is 2.98. The lowest BCUT2D eigenvalue weighted by Gasteiger charge is -2.17. The summed E-state index contributed by atoms with van der Waals surface area (Å²) in [6, 6.07) is 1.55. The molecule has 1 aliphatic heterocycles. The Morgan fingerprint density at radius 2 is 2.20 bits per heavy atom. The average molecular weight is 282 g/mol. The van der Waals surface area contributed by atoms with Crippen molar-refractivity contribution >= 4 is 17.0 Å². The maximum absolute atomic E-state index is 11.9. The van der Waals surface area contributed by atoms with Gasteiger partial charge in [-0.1, -0.05) is 0 Å². The topological polar surface area (TPSA) is 147 Å². The number of rotatable bonds is 2. The molecule has 1 aliphatic rings. The first kappa shape index (κ1) is 13.1. The fourth-order valence-electron chi connectivity index (χ4n) is 2.42. The first-order valence-corrected chi connectivity index (χ1v) is 6.01. The third kappa shape index (κ3) is 1.79. The lowest BCUT2D eigenvalue weighted by atomic mass is 10.1. The summed E-state index contributed by atoms with van der Waals surface area (Å²) in [4.78, 5) is 18.3. The van der Waals surface area contributed by atoms with Crippen LogP contribution in [0.4, 0.5) is 5.95 Å². The van der Waals surface area contributed by atoms with E-state index in [9.17, 15) is 15.0 Å². The van der Waals surface area contributed by atoms with Crippen LogP contribution in [-0.4, -0.2) is 54.8 Å². The maximum Gasteiger partial charge on any atom is 0.276 e. The Bertz CT molecular complexity index is 696. The molecule has 1 saturated heterocycles. The van der Waals surface area contributed by atoms with Gasteiger partial charge in [0.15, 0.2) is 6.23 Å². The quantitative estimate of drug-likeness (QED) is 0.424. The zero-order valence-corrected chi connectivity index (χ0v) is 10.3. The summed E-state index contributed by atoms with van der Waals surface area (Å²) in [5, 5.41) is 28.8. The van der Waals surface area contributed by atoms with Crippen LogP contribution in [0.1, 0.15) is 6.23 Å². The molecule has 0 bridgehead atoms. The molecule has 1 fully saturated rings. The number of hydrogen-bond acceptors (Lipinski definition) is 7. The molecule has 0 radical (unpaired) electrons. The van der Waals surface area contributed by atoms with Crippen LogP contribution in [0.5, 0.6) is 0 Å². The van der Waals surface area contributed by atoms with E-state index in [0.717, 1.165) is 0 Å². The Labute approximate surface area is 112 Å². The van der Waals surface area contributed by atoms with E-state index >= 15 is 0 Å². The summed E-state index contributed by atoms with van der Waals surface area (Å²) >= 11 is 0. The minimum absolute atomic E-state index is 0.0126. The monoisotopic (exact) mass is 282 g/mol. The SMILES string of the molecule is Nc1nc2ccn([C@H]3O[C@H](CO)[C@@H](O)[C@H]3O)c2c(=O)[nH]1. The summed E-state index contributed by atoms with van der Waals surface area (Å²) in [5.41, 5.74) is 5.50. The van der Waals surface area contributed by atoms with Gasteiger partial charge in [-0.05, 0) is 6.07 Å². The minimum Gasteiger partial charge on any atom is -0.394 e. The van der Waals surface area contributed by atoms with Crippen LogP contribution in [0.25, 0.3) is 11.0 Å². The number of aliphatic hydroxyl groups is 3. The second-order valence-electron chi connectivity index (χ2n) is 4.64. The van der Waals surface area contributed by atoms with Gasteiger partial charge in [0.25, 0.3) is 5.56 Å². The highest BCUT2D eigenvalue weighted by molar-refractivity contribution is 5.75. The molecular weight excluding hydrogens is 268 g/mol. The van der Waals surface area contributed by atoms with Gasteiger partial charge in [0.1, 0.15) is 23.8 Å². The first-order chi connectivity index (χ1) is 9.52. The standard InChI is InChI=1S/C11H14N4O5/c12-11-13-4-1-2-15(6(4)9(19)14-11)10-8(18)7(17)5(3-16)20-10/h1-2,5,7-8,10,16-18H,3H2,(H3,12,13,14,19)/t5-,7-,8-,10+/m1/s1. The van der Waals surface area contributed by atoms with Gasteiger partial charge in [-0.3, -0.25) is 9.78 Å². The zero-order chi connectivity index (χ0) is 14.4. The number of aromatic nitrogens is 3. The van der Waals surface area contributed by atoms with Gasteiger partial charge in [0.2, 0.25) is 5.95 Å². The number of H-pyrrole nitrogens is 1. The lowest BCUT2D eigenvalue weighted by Crippen LogP contribution is -2.33. The molecule has 0 amide bonds. The molecule has 3 rings (SSSR count). The van der Waals surface area contributed by atoms with Crippen molar-refractivity contribution in [3.05, 3.63) is 22.6 Å². The zero-order valence-electron chi connectivity index (χ0n) is 10.3. The second kappa shape index (κ2) is 4.56. The fraction of sp³-hybridized carbons (Fsp3) is 0.455. The predicted octanol–water partition coefficient (Wildman–Crippen LogP) is -2.08. The van der Waals surface area contributed by atoms with Crippen molar-refractivity contribution in [1.29, 1.82) is 0 Å². The molecule has 3 heterocycles. The van der Waals surface area contributed by atoms with E-state index in [1.807, 2.05) is 0 Å². The van der Waals surface area contributed by atoms with Crippen LogP contribution in [-0.2, 0) is 4.74 Å². The number of aromatic amines is 1. The number of ether oxygens (including phenoxy) is 1. The number of aliphatic hydroxyl groups excluding tert-OH is 3. The molecule has 2 aromatic heterocycles. The Balaban J connectivity index is 2.10. The number of nitrogens with zero attached hydrogens (tertiary/aromatic N) is 2. The van der Waals surface area contributed by atoms with Crippen LogP contribution in [0.2, 0.25) is 0 Å². The fourth-order valence-corrected chi connectivity index (χ4v) is 2.42. The Morgan fingerprint density at radius 1 is 1.45 bits per heavy atom. The van der Waals surface area contributed by atoms with Crippen LogP contribution in [0.15, 0.2) is 17.1 Å². The van der Waals surface area contributed by atoms with Crippen LogP contribution in [0, 0.1) is 0 Å². The number of nitrogens with one attached hydrogen (secondary N) is 1. The van der Waals surface area contributed by atoms with E-state index in [1.165, 1.54) is 10.8 Å². The number of nitrogen functional groups attached to an aromatic ring is 1. The van der Waals surface area contributed by atoms with Crippen molar-refractivity contribution in [2.45, 2.75) is 24.5 Å². The molecule has 20 heavy (non-hydrogen) atoms. The smallest absolute Gasteiger partial charge is 0.276 e. The molecule has 6 N–H and O–H groups in total. The average Bonchev–Trinajstić information content (AvgIpc) is 2.93. The molecule has 0 saturated carbocycles. The highest BCUT2D eigenvalue weighted by Gasteiger charge is 2.43. The van der Waals surface area contributed by atoms with E-state index < -0.39 is 36.7 Å². The van der Waals surface area contributed by atoms with Gasteiger partial charge in [0.05, 0.1) is 12.1 Å². The molecule has 4 atom stereocenters. The lowest BCUT2D eigenvalue weighted by molar-refractivity contribution is -0.0507. The highest BCUT2D eigenvalue weighted by atomic mass is 16.6. The van der Waals surface area contributed by atoms with Crippen LogP contribution >= 0.6 is 0 Å². The summed E-state index contributed by atoms with van der Waals surface area (Å²) in [7, 11) is 0. The Hall–Kier alpha value is -1.94. The predicted molar refractivity (Wildman–Crippen MR) is 67.8 cm³/mol. The normalized spacial score (nSPS) is 30.1. The number of nitrogens with two attached hydrogens (primary N) is 1. The van der Waals surface area contributed by atoms with Gasteiger partial charge in [0, 0.05) is 6.20 Å². The van der Waals surface area contributed by atoms with E-state index in [-0.39, 0.29) is 11.5 Å². The second-order valence-corrected chi connectivity index (χ2v) is 4.64. The van der Waals surface area contributed by atoms with E-state index in [4.69, 9.17) is 15.6 Å². The number of fused-ring (bicyclic) bond motifs is 1.